The van der Waals surface area contributed by atoms with Gasteiger partial charge in [0.1, 0.15) is 11.8 Å². The van der Waals surface area contributed by atoms with E-state index in [1.54, 1.807) is 11.0 Å². The van der Waals surface area contributed by atoms with Crippen LogP contribution in [0.15, 0.2) is 42.6 Å². The van der Waals surface area contributed by atoms with Gasteiger partial charge in [0.15, 0.2) is 0 Å². The third-order valence-corrected chi connectivity index (χ3v) is 4.16. The molecule has 0 aliphatic carbocycles. The van der Waals surface area contributed by atoms with Gasteiger partial charge in [-0.05, 0) is 25.1 Å². The lowest BCUT2D eigenvalue weighted by Gasteiger charge is -2.16. The molecule has 4 rings (SSSR count). The van der Waals surface area contributed by atoms with Gasteiger partial charge in [-0.2, -0.15) is 5.10 Å². The zero-order valence-corrected chi connectivity index (χ0v) is 13.8. The first kappa shape index (κ1) is 15.4. The van der Waals surface area contributed by atoms with Gasteiger partial charge in [-0.1, -0.05) is 12.1 Å². The molecule has 1 aromatic carbocycles. The minimum atomic E-state index is -0.126. The summed E-state index contributed by atoms with van der Waals surface area (Å²) in [6.45, 7) is 3.00. The Kier molecular flexibility index (Phi) is 3.97. The third-order valence-electron chi connectivity index (χ3n) is 4.16. The predicted octanol–water partition coefficient (Wildman–Crippen LogP) is 2.02. The van der Waals surface area contributed by atoms with Gasteiger partial charge in [0, 0.05) is 19.0 Å². The van der Waals surface area contributed by atoms with Gasteiger partial charge in [0.05, 0.1) is 29.5 Å². The van der Waals surface area contributed by atoms with Crippen LogP contribution in [0.5, 0.6) is 5.88 Å². The molecule has 1 atom stereocenters. The fourth-order valence-electron chi connectivity index (χ4n) is 2.85. The molecule has 1 aliphatic rings. The number of hydrogen-bond acceptors (Lipinski definition) is 6. The molecule has 0 N–H and O–H groups in total. The van der Waals surface area contributed by atoms with Crippen LogP contribution >= 0.6 is 0 Å². The van der Waals surface area contributed by atoms with Crippen molar-refractivity contribution < 1.29 is 9.53 Å². The highest BCUT2D eigenvalue weighted by atomic mass is 16.5. The summed E-state index contributed by atoms with van der Waals surface area (Å²) in [6, 6.07) is 11.2. The van der Waals surface area contributed by atoms with Crippen LogP contribution in [-0.4, -0.2) is 50.2 Å². The van der Waals surface area contributed by atoms with Crippen molar-refractivity contribution in [2.24, 2.45) is 0 Å². The summed E-state index contributed by atoms with van der Waals surface area (Å²) in [7, 11) is 0. The molecule has 0 bridgehead atoms. The van der Waals surface area contributed by atoms with Gasteiger partial charge < -0.3 is 9.64 Å². The van der Waals surface area contributed by atoms with Gasteiger partial charge in [-0.15, -0.1) is 5.10 Å². The van der Waals surface area contributed by atoms with Gasteiger partial charge in [-0.3, -0.25) is 9.78 Å². The van der Waals surface area contributed by atoms with Crippen LogP contribution in [0.3, 0.4) is 0 Å². The summed E-state index contributed by atoms with van der Waals surface area (Å²) in [5, 5.41) is 7.98. The fraction of sp³-hybridized carbons (Fsp3) is 0.278. The number of benzene rings is 1. The van der Waals surface area contributed by atoms with Crippen LogP contribution in [-0.2, 0) is 0 Å². The second-order valence-electron chi connectivity index (χ2n) is 6.04. The number of carbonyl (C=O) groups is 1. The highest BCUT2D eigenvalue weighted by Gasteiger charge is 2.29. The predicted molar refractivity (Wildman–Crippen MR) is 91.2 cm³/mol. The summed E-state index contributed by atoms with van der Waals surface area (Å²) in [6.07, 6.45) is 2.20. The molecular formula is C18H17N5O2. The van der Waals surface area contributed by atoms with Crippen molar-refractivity contribution >= 4 is 16.9 Å². The molecule has 0 radical (unpaired) electrons. The lowest BCUT2D eigenvalue weighted by atomic mass is 10.3. The largest absolute Gasteiger partial charge is 0.471 e. The lowest BCUT2D eigenvalue weighted by Crippen LogP contribution is -2.31. The molecule has 7 heteroatoms. The van der Waals surface area contributed by atoms with Crippen LogP contribution in [0, 0.1) is 6.92 Å². The number of ether oxygens (including phenoxy) is 1. The summed E-state index contributed by atoms with van der Waals surface area (Å²) in [5.74, 6) is 0.356. The molecule has 126 valence electrons. The zero-order valence-electron chi connectivity index (χ0n) is 13.8. The minimum Gasteiger partial charge on any atom is -0.471 e. The highest BCUT2D eigenvalue weighted by molar-refractivity contribution is 5.94. The van der Waals surface area contributed by atoms with Crippen molar-refractivity contribution in [3.05, 3.63) is 54.0 Å². The van der Waals surface area contributed by atoms with E-state index in [0.29, 0.717) is 24.7 Å². The number of carbonyl (C=O) groups excluding carboxylic acids is 1. The van der Waals surface area contributed by atoms with E-state index in [-0.39, 0.29) is 12.0 Å². The molecule has 0 saturated carbocycles. The first-order chi connectivity index (χ1) is 12.2. The Hall–Kier alpha value is -3.09. The first-order valence-electron chi connectivity index (χ1n) is 8.17. The van der Waals surface area contributed by atoms with E-state index < -0.39 is 0 Å². The third kappa shape index (κ3) is 3.26. The molecule has 1 amide bonds. The lowest BCUT2D eigenvalue weighted by molar-refractivity contribution is 0.0765. The van der Waals surface area contributed by atoms with E-state index in [0.717, 1.165) is 23.1 Å². The number of aryl methyl sites for hydroxylation is 1. The van der Waals surface area contributed by atoms with Crippen molar-refractivity contribution in [3.63, 3.8) is 0 Å². The van der Waals surface area contributed by atoms with E-state index in [4.69, 9.17) is 4.74 Å². The molecule has 3 heterocycles. The van der Waals surface area contributed by atoms with Crippen molar-refractivity contribution in [1.29, 1.82) is 0 Å². The minimum absolute atomic E-state index is 0.0885. The number of nitrogens with zero attached hydrogens (tertiary/aromatic N) is 5. The monoisotopic (exact) mass is 335 g/mol. The number of para-hydroxylation sites is 2. The Bertz CT molecular complexity index is 913. The Morgan fingerprint density at radius 3 is 2.80 bits per heavy atom. The van der Waals surface area contributed by atoms with Gasteiger partial charge in [0.25, 0.3) is 5.91 Å². The summed E-state index contributed by atoms with van der Waals surface area (Å²) >= 11 is 0. The summed E-state index contributed by atoms with van der Waals surface area (Å²) < 4.78 is 5.81. The SMILES string of the molecule is Cc1ccc(O[C@@H]2CCN(C(=O)c3cnc4ccccc4n3)C2)nn1. The Balaban J connectivity index is 1.45. The van der Waals surface area contributed by atoms with Crippen LogP contribution < -0.4 is 4.74 Å². The Morgan fingerprint density at radius 1 is 1.16 bits per heavy atom. The van der Waals surface area contributed by atoms with Gasteiger partial charge >= 0.3 is 0 Å². The summed E-state index contributed by atoms with van der Waals surface area (Å²) in [5.41, 5.74) is 2.69. The number of rotatable bonds is 3. The smallest absolute Gasteiger partial charge is 0.274 e. The standard InChI is InChI=1S/C18H17N5O2/c1-12-6-7-17(22-21-12)25-13-8-9-23(11-13)18(24)16-10-19-14-4-2-3-5-15(14)20-16/h2-7,10,13H,8-9,11H2,1H3/t13-/m1/s1. The maximum absolute atomic E-state index is 12.7. The molecule has 1 aliphatic heterocycles. The van der Waals surface area contributed by atoms with Crippen LogP contribution in [0.2, 0.25) is 0 Å². The average molecular weight is 335 g/mol. The van der Waals surface area contributed by atoms with E-state index in [2.05, 4.69) is 20.2 Å². The first-order valence-corrected chi connectivity index (χ1v) is 8.17. The summed E-state index contributed by atoms with van der Waals surface area (Å²) in [4.78, 5) is 23.1. The Morgan fingerprint density at radius 2 is 2.00 bits per heavy atom. The molecule has 25 heavy (non-hydrogen) atoms. The number of amides is 1. The van der Waals surface area contributed by atoms with Crippen molar-refractivity contribution in [2.75, 3.05) is 13.1 Å². The van der Waals surface area contributed by atoms with Crippen LogP contribution in [0.25, 0.3) is 11.0 Å². The highest BCUT2D eigenvalue weighted by Crippen LogP contribution is 2.18. The van der Waals surface area contributed by atoms with Crippen molar-refractivity contribution in [3.8, 4) is 5.88 Å². The van der Waals surface area contributed by atoms with Crippen LogP contribution in [0.1, 0.15) is 22.6 Å². The van der Waals surface area contributed by atoms with E-state index in [9.17, 15) is 4.79 Å². The number of aromatic nitrogens is 4. The number of fused-ring (bicyclic) bond motifs is 1. The normalized spacial score (nSPS) is 17.0. The molecule has 1 fully saturated rings. The molecule has 2 aromatic heterocycles. The van der Waals surface area contributed by atoms with Crippen LogP contribution in [0.4, 0.5) is 0 Å². The van der Waals surface area contributed by atoms with E-state index in [1.807, 2.05) is 37.3 Å². The maximum Gasteiger partial charge on any atom is 0.274 e. The zero-order chi connectivity index (χ0) is 17.2. The topological polar surface area (TPSA) is 81.1 Å². The van der Waals surface area contributed by atoms with E-state index >= 15 is 0 Å². The van der Waals surface area contributed by atoms with Crippen molar-refractivity contribution in [1.82, 2.24) is 25.1 Å². The second-order valence-corrected chi connectivity index (χ2v) is 6.04. The van der Waals surface area contributed by atoms with Crippen molar-refractivity contribution in [2.45, 2.75) is 19.4 Å². The molecule has 0 unspecified atom stereocenters. The second kappa shape index (κ2) is 6.43. The van der Waals surface area contributed by atoms with Gasteiger partial charge in [0.2, 0.25) is 5.88 Å². The fourth-order valence-corrected chi connectivity index (χ4v) is 2.85. The molecular weight excluding hydrogens is 318 g/mol. The quantitative estimate of drug-likeness (QED) is 0.728. The average Bonchev–Trinajstić information content (AvgIpc) is 3.11. The van der Waals surface area contributed by atoms with Gasteiger partial charge in [-0.25, -0.2) is 4.98 Å². The van der Waals surface area contributed by atoms with E-state index in [1.165, 1.54) is 6.20 Å². The molecule has 0 spiro atoms. The number of hydrogen-bond donors (Lipinski definition) is 0. The molecule has 7 nitrogen and oxygen atoms in total. The molecule has 3 aromatic rings. The number of likely N-dealkylation sites (tertiary alicyclic amines) is 1. The molecule has 1 saturated heterocycles. The maximum atomic E-state index is 12.7. The Labute approximate surface area is 144 Å².